The summed E-state index contributed by atoms with van der Waals surface area (Å²) in [5, 5.41) is 0. The highest BCUT2D eigenvalue weighted by Crippen LogP contribution is 2.25. The predicted molar refractivity (Wildman–Crippen MR) is 88.0 cm³/mol. The summed E-state index contributed by atoms with van der Waals surface area (Å²) < 4.78 is 10.2. The van der Waals surface area contributed by atoms with E-state index in [1.165, 1.54) is 5.56 Å². The lowest BCUT2D eigenvalue weighted by Crippen LogP contribution is -2.35. The molecule has 1 aromatic carbocycles. The number of benzene rings is 1. The van der Waals surface area contributed by atoms with Gasteiger partial charge >= 0.3 is 12.0 Å². The van der Waals surface area contributed by atoms with E-state index in [1.807, 2.05) is 0 Å². The first-order valence-corrected chi connectivity index (χ1v) is 7.91. The number of methoxy groups -OCH3 is 2. The molecule has 0 saturated carbocycles. The molecule has 0 N–H and O–H groups in total. The van der Waals surface area contributed by atoms with Crippen molar-refractivity contribution in [1.29, 1.82) is 0 Å². The van der Waals surface area contributed by atoms with Gasteiger partial charge in [-0.05, 0) is 30.7 Å². The predicted octanol–water partition coefficient (Wildman–Crippen LogP) is 2.35. The minimum Gasteiger partial charge on any atom is -0.467 e. The largest absolute Gasteiger partial charge is 0.467 e. The number of aromatic nitrogens is 3. The topological polar surface area (TPSA) is 60.4 Å². The first-order chi connectivity index (χ1) is 11.3. The lowest BCUT2D eigenvalue weighted by Gasteiger charge is -2.32. The van der Waals surface area contributed by atoms with Gasteiger partial charge in [-0.15, -0.1) is 4.98 Å². The number of anilines is 1. The van der Waals surface area contributed by atoms with E-state index < -0.39 is 0 Å². The zero-order valence-electron chi connectivity index (χ0n) is 13.6. The highest BCUT2D eigenvalue weighted by molar-refractivity contribution is 5.33. The molecule has 2 heterocycles. The second-order valence-corrected chi connectivity index (χ2v) is 5.73. The van der Waals surface area contributed by atoms with Crippen molar-refractivity contribution in [3.8, 4) is 12.0 Å². The van der Waals surface area contributed by atoms with Crippen molar-refractivity contribution in [2.45, 2.75) is 19.3 Å². The summed E-state index contributed by atoms with van der Waals surface area (Å²) in [5.41, 5.74) is 1.41. The Kier molecular flexibility index (Phi) is 4.90. The van der Waals surface area contributed by atoms with Crippen LogP contribution in [0, 0.1) is 5.92 Å². The van der Waals surface area contributed by atoms with Gasteiger partial charge in [0.15, 0.2) is 0 Å². The van der Waals surface area contributed by atoms with Crippen molar-refractivity contribution in [2.75, 3.05) is 32.2 Å². The summed E-state index contributed by atoms with van der Waals surface area (Å²) in [6, 6.07) is 11.3. The Bertz CT molecular complexity index is 605. The van der Waals surface area contributed by atoms with Gasteiger partial charge < -0.3 is 14.4 Å². The number of piperidine rings is 1. The maximum atomic E-state index is 5.12. The average Bonchev–Trinajstić information content (AvgIpc) is 2.62. The fourth-order valence-electron chi connectivity index (χ4n) is 2.94. The molecule has 0 aliphatic carbocycles. The Morgan fingerprint density at radius 2 is 1.57 bits per heavy atom. The summed E-state index contributed by atoms with van der Waals surface area (Å²) in [6.45, 7) is 1.88. The molecule has 23 heavy (non-hydrogen) atoms. The van der Waals surface area contributed by atoms with Crippen LogP contribution in [0.25, 0.3) is 0 Å². The van der Waals surface area contributed by atoms with E-state index in [1.54, 1.807) is 14.2 Å². The number of hydrogen-bond donors (Lipinski definition) is 0. The van der Waals surface area contributed by atoms with Crippen LogP contribution in [0.2, 0.25) is 0 Å². The molecule has 0 spiro atoms. The number of nitrogens with zero attached hydrogens (tertiary/aromatic N) is 4. The van der Waals surface area contributed by atoms with Crippen LogP contribution in [-0.2, 0) is 6.42 Å². The molecule has 0 unspecified atom stereocenters. The minimum absolute atomic E-state index is 0.290. The molecule has 1 aliphatic rings. The summed E-state index contributed by atoms with van der Waals surface area (Å²) in [6.07, 6.45) is 3.40. The van der Waals surface area contributed by atoms with Gasteiger partial charge in [0.1, 0.15) is 0 Å². The SMILES string of the molecule is COc1nc(OC)nc(N2CCC(Cc3ccccc3)CC2)n1. The van der Waals surface area contributed by atoms with E-state index in [-0.39, 0.29) is 0 Å². The van der Waals surface area contributed by atoms with Crippen LogP contribution in [0.3, 0.4) is 0 Å². The molecular weight excluding hydrogens is 292 g/mol. The van der Waals surface area contributed by atoms with E-state index in [4.69, 9.17) is 9.47 Å². The van der Waals surface area contributed by atoms with Crippen molar-refractivity contribution in [2.24, 2.45) is 5.92 Å². The molecule has 0 bridgehead atoms. The Morgan fingerprint density at radius 3 is 2.13 bits per heavy atom. The lowest BCUT2D eigenvalue weighted by atomic mass is 9.90. The first-order valence-electron chi connectivity index (χ1n) is 7.91. The summed E-state index contributed by atoms with van der Waals surface area (Å²) >= 11 is 0. The van der Waals surface area contributed by atoms with Crippen LogP contribution in [0.15, 0.2) is 30.3 Å². The molecule has 1 aromatic heterocycles. The molecule has 6 heteroatoms. The maximum Gasteiger partial charge on any atom is 0.324 e. The van der Waals surface area contributed by atoms with E-state index in [2.05, 4.69) is 50.2 Å². The molecule has 1 saturated heterocycles. The molecule has 1 fully saturated rings. The maximum absolute atomic E-state index is 5.12. The van der Waals surface area contributed by atoms with Crippen LogP contribution < -0.4 is 14.4 Å². The van der Waals surface area contributed by atoms with Gasteiger partial charge in [-0.3, -0.25) is 0 Å². The number of rotatable bonds is 5. The summed E-state index contributed by atoms with van der Waals surface area (Å²) in [7, 11) is 3.09. The highest BCUT2D eigenvalue weighted by Gasteiger charge is 2.22. The van der Waals surface area contributed by atoms with Crippen molar-refractivity contribution in [1.82, 2.24) is 15.0 Å². The zero-order chi connectivity index (χ0) is 16.1. The van der Waals surface area contributed by atoms with E-state index >= 15 is 0 Å². The Morgan fingerprint density at radius 1 is 0.957 bits per heavy atom. The normalized spacial score (nSPS) is 15.5. The quantitative estimate of drug-likeness (QED) is 0.844. The van der Waals surface area contributed by atoms with Gasteiger partial charge in [0, 0.05) is 13.1 Å². The lowest BCUT2D eigenvalue weighted by molar-refractivity contribution is 0.337. The zero-order valence-corrected chi connectivity index (χ0v) is 13.6. The third-order valence-electron chi connectivity index (χ3n) is 4.21. The molecular formula is C17H22N4O2. The van der Waals surface area contributed by atoms with Crippen LogP contribution in [0.5, 0.6) is 12.0 Å². The van der Waals surface area contributed by atoms with Gasteiger partial charge in [-0.25, -0.2) is 0 Å². The molecule has 0 radical (unpaired) electrons. The fourth-order valence-corrected chi connectivity index (χ4v) is 2.94. The third-order valence-corrected chi connectivity index (χ3v) is 4.21. The van der Waals surface area contributed by atoms with Crippen molar-refractivity contribution >= 4 is 5.95 Å². The minimum atomic E-state index is 0.290. The van der Waals surface area contributed by atoms with Gasteiger partial charge in [-0.1, -0.05) is 30.3 Å². The second kappa shape index (κ2) is 7.26. The van der Waals surface area contributed by atoms with Gasteiger partial charge in [-0.2, -0.15) is 9.97 Å². The molecule has 0 atom stereocenters. The van der Waals surface area contributed by atoms with E-state index in [0.29, 0.717) is 23.9 Å². The second-order valence-electron chi connectivity index (χ2n) is 5.73. The van der Waals surface area contributed by atoms with Crippen LogP contribution >= 0.6 is 0 Å². The molecule has 3 rings (SSSR count). The van der Waals surface area contributed by atoms with Crippen LogP contribution in [0.4, 0.5) is 5.95 Å². The summed E-state index contributed by atoms with van der Waals surface area (Å²) in [4.78, 5) is 14.9. The average molecular weight is 314 g/mol. The van der Waals surface area contributed by atoms with Crippen molar-refractivity contribution in [3.63, 3.8) is 0 Å². The fraction of sp³-hybridized carbons (Fsp3) is 0.471. The monoisotopic (exact) mass is 314 g/mol. The van der Waals surface area contributed by atoms with Gasteiger partial charge in [0.25, 0.3) is 0 Å². The van der Waals surface area contributed by atoms with Gasteiger partial charge in [0.2, 0.25) is 5.95 Å². The number of ether oxygens (including phenoxy) is 2. The Hall–Kier alpha value is -2.37. The van der Waals surface area contributed by atoms with Crippen molar-refractivity contribution < 1.29 is 9.47 Å². The van der Waals surface area contributed by atoms with Crippen LogP contribution in [0.1, 0.15) is 18.4 Å². The standard InChI is InChI=1S/C17H22N4O2/c1-22-16-18-15(19-17(20-16)23-2)21-10-8-14(9-11-21)12-13-6-4-3-5-7-13/h3-7,14H,8-12H2,1-2H3. The van der Waals surface area contributed by atoms with E-state index in [9.17, 15) is 0 Å². The molecule has 6 nitrogen and oxygen atoms in total. The van der Waals surface area contributed by atoms with Gasteiger partial charge in [0.05, 0.1) is 14.2 Å². The highest BCUT2D eigenvalue weighted by atomic mass is 16.5. The molecule has 0 amide bonds. The molecule has 1 aliphatic heterocycles. The van der Waals surface area contributed by atoms with Crippen molar-refractivity contribution in [3.05, 3.63) is 35.9 Å². The molecule has 122 valence electrons. The third kappa shape index (κ3) is 3.88. The molecule has 2 aromatic rings. The summed E-state index contributed by atoms with van der Waals surface area (Å²) in [5.74, 6) is 1.34. The first kappa shape index (κ1) is 15.5. The smallest absolute Gasteiger partial charge is 0.324 e. The Balaban J connectivity index is 1.62. The van der Waals surface area contributed by atoms with E-state index in [0.717, 1.165) is 32.4 Å². The number of hydrogen-bond acceptors (Lipinski definition) is 6. The van der Waals surface area contributed by atoms with Crippen LogP contribution in [-0.4, -0.2) is 42.3 Å². The Labute approximate surface area is 136 Å².